The highest BCUT2D eigenvalue weighted by molar-refractivity contribution is 6.30. The summed E-state index contributed by atoms with van der Waals surface area (Å²) in [5.41, 5.74) is 1.30. The zero-order valence-electron chi connectivity index (χ0n) is 7.79. The van der Waals surface area contributed by atoms with Gasteiger partial charge in [0.05, 0.1) is 0 Å². The summed E-state index contributed by atoms with van der Waals surface area (Å²) in [6.07, 6.45) is 2.16. The van der Waals surface area contributed by atoms with E-state index in [0.29, 0.717) is 11.6 Å². The fraction of sp³-hybridized carbons (Fsp3) is 0.273. The molecule has 1 aliphatic rings. The summed E-state index contributed by atoms with van der Waals surface area (Å²) in [6.45, 7) is 2.53. The molecule has 3 heteroatoms. The summed E-state index contributed by atoms with van der Waals surface area (Å²) in [7, 11) is 0. The van der Waals surface area contributed by atoms with Gasteiger partial charge < -0.3 is 10.1 Å². The molecule has 0 unspecified atom stereocenters. The minimum atomic E-state index is 0.646. The van der Waals surface area contributed by atoms with E-state index in [1.54, 1.807) is 0 Å². The average molecular weight is 210 g/mol. The summed E-state index contributed by atoms with van der Waals surface area (Å²) in [5.74, 6) is 0.824. The molecule has 1 aliphatic heterocycles. The molecule has 0 radical (unpaired) electrons. The maximum atomic E-state index is 5.83. The van der Waals surface area contributed by atoms with E-state index < -0.39 is 0 Å². The molecule has 0 aromatic heterocycles. The SMILES string of the molecule is Clc1cccc(OCC2=CCNC2)c1. The monoisotopic (exact) mass is 209 g/mol. The van der Waals surface area contributed by atoms with E-state index in [2.05, 4.69) is 11.4 Å². The Morgan fingerprint density at radius 1 is 1.43 bits per heavy atom. The smallest absolute Gasteiger partial charge is 0.121 e. The van der Waals surface area contributed by atoms with Crippen LogP contribution in [0, 0.1) is 0 Å². The topological polar surface area (TPSA) is 21.3 Å². The Morgan fingerprint density at radius 3 is 3.07 bits per heavy atom. The van der Waals surface area contributed by atoms with Gasteiger partial charge in [-0.1, -0.05) is 23.7 Å². The molecule has 0 spiro atoms. The standard InChI is InChI=1S/C11H12ClNO/c12-10-2-1-3-11(6-10)14-8-9-4-5-13-7-9/h1-4,6,13H,5,7-8H2. The minimum Gasteiger partial charge on any atom is -0.489 e. The lowest BCUT2D eigenvalue weighted by Gasteiger charge is -2.06. The quantitative estimate of drug-likeness (QED) is 0.772. The van der Waals surface area contributed by atoms with E-state index in [1.165, 1.54) is 5.57 Å². The van der Waals surface area contributed by atoms with Crippen molar-refractivity contribution in [2.24, 2.45) is 0 Å². The van der Waals surface area contributed by atoms with Gasteiger partial charge in [0.15, 0.2) is 0 Å². The maximum absolute atomic E-state index is 5.83. The van der Waals surface area contributed by atoms with Crippen LogP contribution in [0.3, 0.4) is 0 Å². The number of benzene rings is 1. The first-order valence-corrected chi connectivity index (χ1v) is 4.99. The number of halogens is 1. The predicted molar refractivity (Wildman–Crippen MR) is 57.9 cm³/mol. The molecular formula is C11H12ClNO. The van der Waals surface area contributed by atoms with Crippen LogP contribution in [-0.4, -0.2) is 19.7 Å². The summed E-state index contributed by atoms with van der Waals surface area (Å²) in [6, 6.07) is 7.46. The van der Waals surface area contributed by atoms with Crippen molar-refractivity contribution in [3.63, 3.8) is 0 Å². The molecule has 0 amide bonds. The van der Waals surface area contributed by atoms with E-state index in [-0.39, 0.29) is 0 Å². The first-order chi connectivity index (χ1) is 6.84. The molecule has 0 saturated heterocycles. The van der Waals surface area contributed by atoms with Crippen LogP contribution in [0.2, 0.25) is 5.02 Å². The van der Waals surface area contributed by atoms with Gasteiger partial charge in [-0.05, 0) is 23.8 Å². The lowest BCUT2D eigenvalue weighted by Crippen LogP contribution is -2.11. The van der Waals surface area contributed by atoms with Crippen LogP contribution in [0.4, 0.5) is 0 Å². The van der Waals surface area contributed by atoms with Gasteiger partial charge >= 0.3 is 0 Å². The Kier molecular flexibility index (Phi) is 3.07. The fourth-order valence-electron chi connectivity index (χ4n) is 1.36. The third-order valence-corrected chi connectivity index (χ3v) is 2.34. The van der Waals surface area contributed by atoms with Crippen molar-refractivity contribution < 1.29 is 4.74 Å². The average Bonchev–Trinajstić information content (AvgIpc) is 2.67. The number of ether oxygens (including phenoxy) is 1. The number of rotatable bonds is 3. The molecule has 1 aromatic carbocycles. The van der Waals surface area contributed by atoms with Crippen LogP contribution in [0.5, 0.6) is 5.75 Å². The lowest BCUT2D eigenvalue weighted by molar-refractivity contribution is 0.350. The fourth-order valence-corrected chi connectivity index (χ4v) is 1.54. The van der Waals surface area contributed by atoms with Crippen LogP contribution < -0.4 is 10.1 Å². The zero-order chi connectivity index (χ0) is 9.80. The normalized spacial score (nSPS) is 15.4. The minimum absolute atomic E-state index is 0.646. The van der Waals surface area contributed by atoms with Crippen LogP contribution in [0.15, 0.2) is 35.9 Å². The second-order valence-corrected chi connectivity index (χ2v) is 3.68. The van der Waals surface area contributed by atoms with Gasteiger partial charge in [0.1, 0.15) is 12.4 Å². The van der Waals surface area contributed by atoms with Crippen LogP contribution in [-0.2, 0) is 0 Å². The molecule has 1 heterocycles. The summed E-state index contributed by atoms with van der Waals surface area (Å²) >= 11 is 5.83. The van der Waals surface area contributed by atoms with Gasteiger partial charge in [0.25, 0.3) is 0 Å². The Bertz CT molecular complexity index is 349. The van der Waals surface area contributed by atoms with Crippen LogP contribution in [0.1, 0.15) is 0 Å². The van der Waals surface area contributed by atoms with Crippen molar-refractivity contribution in [1.29, 1.82) is 0 Å². The summed E-state index contributed by atoms with van der Waals surface area (Å²) in [5, 5.41) is 3.93. The van der Waals surface area contributed by atoms with Gasteiger partial charge in [0, 0.05) is 18.1 Å². The number of nitrogens with one attached hydrogen (secondary N) is 1. The first-order valence-electron chi connectivity index (χ1n) is 4.61. The van der Waals surface area contributed by atoms with Crippen LogP contribution in [0.25, 0.3) is 0 Å². The Balaban J connectivity index is 1.91. The molecular weight excluding hydrogens is 198 g/mol. The van der Waals surface area contributed by atoms with Gasteiger partial charge in [0.2, 0.25) is 0 Å². The second kappa shape index (κ2) is 4.49. The van der Waals surface area contributed by atoms with Crippen molar-refractivity contribution in [3.05, 3.63) is 40.9 Å². The van der Waals surface area contributed by atoms with Crippen LogP contribution >= 0.6 is 11.6 Å². The lowest BCUT2D eigenvalue weighted by atomic mass is 10.3. The van der Waals surface area contributed by atoms with Crippen molar-refractivity contribution in [2.45, 2.75) is 0 Å². The zero-order valence-corrected chi connectivity index (χ0v) is 8.55. The third kappa shape index (κ3) is 2.50. The molecule has 74 valence electrons. The highest BCUT2D eigenvalue weighted by Crippen LogP contribution is 2.17. The maximum Gasteiger partial charge on any atom is 0.121 e. The summed E-state index contributed by atoms with van der Waals surface area (Å²) < 4.78 is 5.58. The van der Waals surface area contributed by atoms with Gasteiger partial charge in [-0.2, -0.15) is 0 Å². The predicted octanol–water partition coefficient (Wildman–Crippen LogP) is 2.25. The summed E-state index contributed by atoms with van der Waals surface area (Å²) in [4.78, 5) is 0. The molecule has 2 nitrogen and oxygen atoms in total. The van der Waals surface area contributed by atoms with E-state index in [9.17, 15) is 0 Å². The van der Waals surface area contributed by atoms with E-state index in [1.807, 2.05) is 24.3 Å². The third-order valence-electron chi connectivity index (χ3n) is 2.11. The highest BCUT2D eigenvalue weighted by Gasteiger charge is 2.04. The van der Waals surface area contributed by atoms with Gasteiger partial charge in [-0.3, -0.25) is 0 Å². The largest absolute Gasteiger partial charge is 0.489 e. The molecule has 0 fully saturated rings. The highest BCUT2D eigenvalue weighted by atomic mass is 35.5. The second-order valence-electron chi connectivity index (χ2n) is 3.24. The van der Waals surface area contributed by atoms with Crippen molar-refractivity contribution in [1.82, 2.24) is 5.32 Å². The first kappa shape index (κ1) is 9.56. The Morgan fingerprint density at radius 2 is 2.36 bits per heavy atom. The molecule has 0 aliphatic carbocycles. The molecule has 14 heavy (non-hydrogen) atoms. The molecule has 0 saturated carbocycles. The number of hydrogen-bond donors (Lipinski definition) is 1. The van der Waals surface area contributed by atoms with Crippen molar-refractivity contribution in [2.75, 3.05) is 19.7 Å². The molecule has 0 atom stereocenters. The molecule has 2 rings (SSSR count). The van der Waals surface area contributed by atoms with E-state index in [0.717, 1.165) is 18.8 Å². The van der Waals surface area contributed by atoms with Gasteiger partial charge in [-0.15, -0.1) is 0 Å². The van der Waals surface area contributed by atoms with E-state index >= 15 is 0 Å². The van der Waals surface area contributed by atoms with E-state index in [4.69, 9.17) is 16.3 Å². The number of hydrogen-bond acceptors (Lipinski definition) is 2. The molecule has 1 N–H and O–H groups in total. The molecule has 1 aromatic rings. The van der Waals surface area contributed by atoms with Crippen molar-refractivity contribution >= 4 is 11.6 Å². The Hall–Kier alpha value is -0.990. The van der Waals surface area contributed by atoms with Crippen molar-refractivity contribution in [3.8, 4) is 5.75 Å². The Labute approximate surface area is 88.5 Å². The van der Waals surface area contributed by atoms with Gasteiger partial charge in [-0.25, -0.2) is 0 Å². The molecule has 0 bridgehead atoms.